The van der Waals surface area contributed by atoms with Crippen LogP contribution in [0.5, 0.6) is 0 Å². The van der Waals surface area contributed by atoms with Crippen LogP contribution in [0, 0.1) is 5.41 Å². The Balaban J connectivity index is 0.00000220. The number of benzene rings is 1. The third kappa shape index (κ3) is 5.30. The smallest absolute Gasteiger partial charge is 0.234 e. The van der Waals surface area contributed by atoms with E-state index in [2.05, 4.69) is 24.1 Å². The molecule has 4 nitrogen and oxygen atoms in total. The molecule has 1 amide bonds. The molecule has 5 heteroatoms. The van der Waals surface area contributed by atoms with Crippen molar-refractivity contribution in [3.8, 4) is 0 Å². The van der Waals surface area contributed by atoms with E-state index < -0.39 is 0 Å². The Hall–Kier alpha value is -1.10. The first kappa shape index (κ1) is 18.0. The van der Waals surface area contributed by atoms with Crippen LogP contribution in [0.4, 0.5) is 0 Å². The minimum absolute atomic E-state index is 0. The largest absolute Gasteiger partial charge is 0.351 e. The van der Waals surface area contributed by atoms with Gasteiger partial charge >= 0.3 is 0 Å². The molecule has 0 spiro atoms. The Kier molecular flexibility index (Phi) is 6.65. The summed E-state index contributed by atoms with van der Waals surface area (Å²) in [7, 11) is 0. The number of likely N-dealkylation sites (tertiary alicyclic amines) is 1. The van der Waals surface area contributed by atoms with Gasteiger partial charge in [-0.05, 0) is 17.4 Å². The molecule has 1 aliphatic heterocycles. The molecule has 3 N–H and O–H groups in total. The van der Waals surface area contributed by atoms with E-state index in [0.717, 1.165) is 25.1 Å². The lowest BCUT2D eigenvalue weighted by atomic mass is 9.80. The van der Waals surface area contributed by atoms with Crippen molar-refractivity contribution < 1.29 is 4.79 Å². The number of hydrogen-bond donors (Lipinski definition) is 2. The van der Waals surface area contributed by atoms with E-state index in [-0.39, 0.29) is 29.8 Å². The quantitative estimate of drug-likeness (QED) is 0.891. The molecule has 1 heterocycles. The number of nitrogens with one attached hydrogen (secondary N) is 1. The zero-order valence-electron chi connectivity index (χ0n) is 12.8. The molecular weight excluding hydrogens is 286 g/mol. The third-order valence-electron chi connectivity index (χ3n) is 4.09. The highest BCUT2D eigenvalue weighted by molar-refractivity contribution is 5.85. The van der Waals surface area contributed by atoms with Crippen LogP contribution in [0.2, 0.25) is 0 Å². The lowest BCUT2D eigenvalue weighted by Crippen LogP contribution is -2.54. The lowest BCUT2D eigenvalue weighted by Gasteiger charge is -2.42. The van der Waals surface area contributed by atoms with Crippen LogP contribution in [-0.4, -0.2) is 36.5 Å². The van der Waals surface area contributed by atoms with Gasteiger partial charge in [-0.25, -0.2) is 0 Å². The predicted molar refractivity (Wildman–Crippen MR) is 88.4 cm³/mol. The molecule has 1 fully saturated rings. The molecule has 1 atom stereocenters. The average molecular weight is 312 g/mol. The number of piperidine rings is 1. The van der Waals surface area contributed by atoms with Crippen LogP contribution < -0.4 is 11.1 Å². The number of nitrogens with zero attached hydrogens (tertiary/aromatic N) is 1. The van der Waals surface area contributed by atoms with Crippen molar-refractivity contribution >= 4 is 18.3 Å². The molecule has 1 unspecified atom stereocenters. The standard InChI is InChI=1S/C16H25N3O.ClH/c1-16(2)12-19(9-8-14(16)17)11-15(20)18-10-13-6-4-3-5-7-13;/h3-7,14H,8-12,17H2,1-2H3,(H,18,20);1H. The van der Waals surface area contributed by atoms with Crippen LogP contribution in [0.25, 0.3) is 0 Å². The molecule has 0 aliphatic carbocycles. The van der Waals surface area contributed by atoms with Crippen LogP contribution in [0.15, 0.2) is 30.3 Å². The molecule has 118 valence electrons. The molecule has 0 bridgehead atoms. The third-order valence-corrected chi connectivity index (χ3v) is 4.09. The average Bonchev–Trinajstić information content (AvgIpc) is 2.41. The van der Waals surface area contributed by atoms with E-state index in [0.29, 0.717) is 13.1 Å². The van der Waals surface area contributed by atoms with E-state index in [1.807, 2.05) is 30.3 Å². The van der Waals surface area contributed by atoms with Crippen molar-refractivity contribution in [1.29, 1.82) is 0 Å². The van der Waals surface area contributed by atoms with E-state index >= 15 is 0 Å². The molecule has 1 aliphatic rings. The summed E-state index contributed by atoms with van der Waals surface area (Å²) >= 11 is 0. The van der Waals surface area contributed by atoms with Crippen molar-refractivity contribution in [2.45, 2.75) is 32.9 Å². The number of carbonyl (C=O) groups excluding carboxylic acids is 1. The van der Waals surface area contributed by atoms with Gasteiger partial charge in [-0.3, -0.25) is 9.69 Å². The van der Waals surface area contributed by atoms with Gasteiger partial charge in [0.15, 0.2) is 0 Å². The minimum Gasteiger partial charge on any atom is -0.351 e. The molecule has 21 heavy (non-hydrogen) atoms. The summed E-state index contributed by atoms with van der Waals surface area (Å²) in [6.07, 6.45) is 0.957. The van der Waals surface area contributed by atoms with Gasteiger partial charge in [0.1, 0.15) is 0 Å². The Bertz CT molecular complexity index is 450. The van der Waals surface area contributed by atoms with Crippen LogP contribution in [0.3, 0.4) is 0 Å². The second kappa shape index (κ2) is 7.78. The number of halogens is 1. The van der Waals surface area contributed by atoms with Crippen molar-refractivity contribution in [2.75, 3.05) is 19.6 Å². The molecule has 1 aromatic rings. The molecule has 0 saturated carbocycles. The summed E-state index contributed by atoms with van der Waals surface area (Å²) < 4.78 is 0. The Morgan fingerprint density at radius 2 is 2.05 bits per heavy atom. The van der Waals surface area contributed by atoms with Gasteiger partial charge in [-0.1, -0.05) is 44.2 Å². The predicted octanol–water partition coefficient (Wildman–Crippen LogP) is 1.78. The highest BCUT2D eigenvalue weighted by atomic mass is 35.5. The van der Waals surface area contributed by atoms with Crippen molar-refractivity contribution in [3.05, 3.63) is 35.9 Å². The zero-order chi connectivity index (χ0) is 14.6. The molecular formula is C16H26ClN3O. The first-order chi connectivity index (χ1) is 9.47. The molecule has 1 saturated heterocycles. The Labute approximate surface area is 133 Å². The van der Waals surface area contributed by atoms with Gasteiger partial charge < -0.3 is 11.1 Å². The summed E-state index contributed by atoms with van der Waals surface area (Å²) in [5.74, 6) is 0.0834. The van der Waals surface area contributed by atoms with E-state index in [1.165, 1.54) is 0 Å². The van der Waals surface area contributed by atoms with Crippen LogP contribution >= 0.6 is 12.4 Å². The second-order valence-electron chi connectivity index (χ2n) is 6.36. The van der Waals surface area contributed by atoms with Crippen molar-refractivity contribution in [1.82, 2.24) is 10.2 Å². The first-order valence-corrected chi connectivity index (χ1v) is 7.26. The Morgan fingerprint density at radius 3 is 2.67 bits per heavy atom. The fourth-order valence-corrected chi connectivity index (χ4v) is 2.68. The topological polar surface area (TPSA) is 58.4 Å². The first-order valence-electron chi connectivity index (χ1n) is 7.26. The molecule has 0 aromatic heterocycles. The van der Waals surface area contributed by atoms with Gasteiger partial charge in [0, 0.05) is 25.7 Å². The maximum atomic E-state index is 12.0. The number of amides is 1. The SMILES string of the molecule is CC1(C)CN(CC(=O)NCc2ccccc2)CCC1N.Cl. The van der Waals surface area contributed by atoms with Crippen molar-refractivity contribution in [3.63, 3.8) is 0 Å². The molecule has 2 rings (SSSR count). The Morgan fingerprint density at radius 1 is 1.38 bits per heavy atom. The fraction of sp³-hybridized carbons (Fsp3) is 0.562. The zero-order valence-corrected chi connectivity index (χ0v) is 13.7. The molecule has 1 aromatic carbocycles. The lowest BCUT2D eigenvalue weighted by molar-refractivity contribution is -0.123. The maximum Gasteiger partial charge on any atom is 0.234 e. The van der Waals surface area contributed by atoms with Gasteiger partial charge in [0.25, 0.3) is 0 Å². The number of rotatable bonds is 4. The fourth-order valence-electron chi connectivity index (χ4n) is 2.68. The number of nitrogens with two attached hydrogens (primary N) is 1. The van der Waals surface area contributed by atoms with Gasteiger partial charge in [0.05, 0.1) is 6.54 Å². The summed E-state index contributed by atoms with van der Waals surface area (Å²) in [6, 6.07) is 10.2. The number of carbonyl (C=O) groups is 1. The minimum atomic E-state index is 0. The summed E-state index contributed by atoms with van der Waals surface area (Å²) in [5, 5.41) is 2.97. The van der Waals surface area contributed by atoms with E-state index in [4.69, 9.17) is 5.73 Å². The highest BCUT2D eigenvalue weighted by Crippen LogP contribution is 2.27. The van der Waals surface area contributed by atoms with Gasteiger partial charge in [-0.2, -0.15) is 0 Å². The molecule has 0 radical (unpaired) electrons. The maximum absolute atomic E-state index is 12.0. The monoisotopic (exact) mass is 311 g/mol. The van der Waals surface area contributed by atoms with E-state index in [9.17, 15) is 4.79 Å². The van der Waals surface area contributed by atoms with Crippen LogP contribution in [0.1, 0.15) is 25.8 Å². The van der Waals surface area contributed by atoms with Gasteiger partial charge in [-0.15, -0.1) is 12.4 Å². The summed E-state index contributed by atoms with van der Waals surface area (Å²) in [5.41, 5.74) is 7.32. The van der Waals surface area contributed by atoms with Crippen molar-refractivity contribution in [2.24, 2.45) is 11.1 Å². The summed E-state index contributed by atoms with van der Waals surface area (Å²) in [4.78, 5) is 14.2. The summed E-state index contributed by atoms with van der Waals surface area (Å²) in [6.45, 7) is 7.19. The van der Waals surface area contributed by atoms with Gasteiger partial charge in [0.2, 0.25) is 5.91 Å². The highest BCUT2D eigenvalue weighted by Gasteiger charge is 2.33. The number of hydrogen-bond acceptors (Lipinski definition) is 3. The van der Waals surface area contributed by atoms with E-state index in [1.54, 1.807) is 0 Å². The van der Waals surface area contributed by atoms with Crippen LogP contribution in [-0.2, 0) is 11.3 Å². The second-order valence-corrected chi connectivity index (χ2v) is 6.36. The normalized spacial score (nSPS) is 21.4.